The molecule has 2 N–H and O–H groups in total. The molecule has 7 rings (SSSR count). The van der Waals surface area contributed by atoms with Gasteiger partial charge in [0.2, 0.25) is 15.9 Å². The van der Waals surface area contributed by atoms with Crippen molar-refractivity contribution in [2.75, 3.05) is 13.1 Å². The highest BCUT2D eigenvalue weighted by atomic mass is 35.5. The van der Waals surface area contributed by atoms with Crippen molar-refractivity contribution in [3.63, 3.8) is 0 Å². The molecule has 0 atom stereocenters. The van der Waals surface area contributed by atoms with Crippen molar-refractivity contribution in [1.29, 1.82) is 0 Å². The number of halogens is 2. The fraction of sp³-hybridized carbons (Fsp3) is 0.294. The highest BCUT2D eigenvalue weighted by Crippen LogP contribution is 2.42. The van der Waals surface area contributed by atoms with Gasteiger partial charge < -0.3 is 5.73 Å². The molecule has 3 aromatic carbocycles. The average molecular weight is 680 g/mol. The Morgan fingerprint density at radius 3 is 2.04 bits per heavy atom. The summed E-state index contributed by atoms with van der Waals surface area (Å²) in [5, 5.41) is 9.31. The summed E-state index contributed by atoms with van der Waals surface area (Å²) in [6.45, 7) is 0.855. The molecule has 3 heterocycles. The number of fused-ring (bicyclic) bond motifs is 1. The van der Waals surface area contributed by atoms with E-state index in [0.717, 1.165) is 46.1 Å². The zero-order chi connectivity index (χ0) is 31.3. The molecule has 1 amide bonds. The first kappa shape index (κ1) is 30.4. The van der Waals surface area contributed by atoms with Gasteiger partial charge in [-0.2, -0.15) is 5.10 Å². The van der Waals surface area contributed by atoms with E-state index in [1.165, 1.54) is 11.3 Å². The van der Waals surface area contributed by atoms with E-state index in [4.69, 9.17) is 34.0 Å². The summed E-state index contributed by atoms with van der Waals surface area (Å²) < 4.78 is 30.4. The van der Waals surface area contributed by atoms with Crippen molar-refractivity contribution in [1.82, 2.24) is 14.1 Å². The van der Waals surface area contributed by atoms with Crippen LogP contribution in [0.2, 0.25) is 10.0 Å². The van der Waals surface area contributed by atoms with Crippen molar-refractivity contribution >= 4 is 61.4 Å². The van der Waals surface area contributed by atoms with Gasteiger partial charge in [-0.3, -0.25) is 9.48 Å². The number of carbonyl (C=O) groups is 1. The average Bonchev–Trinajstić information content (AvgIpc) is 3.65. The van der Waals surface area contributed by atoms with Gasteiger partial charge in [0, 0.05) is 50.6 Å². The Morgan fingerprint density at radius 1 is 0.889 bits per heavy atom. The van der Waals surface area contributed by atoms with Gasteiger partial charge in [0.1, 0.15) is 0 Å². The van der Waals surface area contributed by atoms with Crippen molar-refractivity contribution < 1.29 is 13.2 Å². The molecule has 7 nitrogen and oxygen atoms in total. The molecule has 1 aliphatic heterocycles. The summed E-state index contributed by atoms with van der Waals surface area (Å²) in [6, 6.07) is 24.6. The van der Waals surface area contributed by atoms with Crippen LogP contribution in [-0.2, 0) is 15.8 Å². The second-order valence-corrected chi connectivity index (χ2v) is 15.8. The zero-order valence-corrected chi connectivity index (χ0v) is 27.5. The Hall–Kier alpha value is -3.21. The number of sulfonamides is 1. The summed E-state index contributed by atoms with van der Waals surface area (Å²) >= 11 is 13.8. The molecule has 0 radical (unpaired) electrons. The predicted octanol–water partition coefficient (Wildman–Crippen LogP) is 7.73. The second-order valence-electron chi connectivity index (χ2n) is 12.0. The third kappa shape index (κ3) is 6.29. The topological polar surface area (TPSA) is 98.3 Å². The summed E-state index contributed by atoms with van der Waals surface area (Å²) in [6.07, 6.45) is 3.62. The maximum Gasteiger partial charge on any atom is 0.249 e. The Balaban J connectivity index is 1.19. The van der Waals surface area contributed by atoms with Gasteiger partial charge in [-0.05, 0) is 84.8 Å². The number of hydrogen-bond donors (Lipinski definition) is 1. The number of aromatic nitrogens is 2. The van der Waals surface area contributed by atoms with Crippen LogP contribution in [0.25, 0.3) is 10.9 Å². The Bertz CT molecular complexity index is 1930. The number of primary amides is 1. The van der Waals surface area contributed by atoms with Crippen LogP contribution in [0.3, 0.4) is 0 Å². The fourth-order valence-corrected chi connectivity index (χ4v) is 9.43. The Morgan fingerprint density at radius 2 is 1.49 bits per heavy atom. The minimum absolute atomic E-state index is 0.0274. The van der Waals surface area contributed by atoms with Crippen LogP contribution in [0.4, 0.5) is 0 Å². The smallest absolute Gasteiger partial charge is 0.249 e. The largest absolute Gasteiger partial charge is 0.366 e. The molecule has 2 aliphatic rings. The number of carbonyl (C=O) groups excluding carboxylic acids is 1. The van der Waals surface area contributed by atoms with E-state index in [1.807, 2.05) is 24.3 Å². The van der Waals surface area contributed by atoms with Crippen molar-refractivity contribution in [2.24, 2.45) is 5.73 Å². The first-order valence-corrected chi connectivity index (χ1v) is 18.3. The van der Waals surface area contributed by atoms with Crippen LogP contribution in [0.15, 0.2) is 78.2 Å². The molecular formula is C34H32Cl2N4O3S2. The molecule has 1 aliphatic carbocycles. The number of thiophene rings is 1. The van der Waals surface area contributed by atoms with Gasteiger partial charge in [-0.25, -0.2) is 12.7 Å². The fourth-order valence-electron chi connectivity index (χ4n) is 6.41. The first-order chi connectivity index (χ1) is 21.7. The molecule has 45 heavy (non-hydrogen) atoms. The number of rotatable bonds is 9. The lowest BCUT2D eigenvalue weighted by molar-refractivity contribution is 0.100. The summed E-state index contributed by atoms with van der Waals surface area (Å²) in [5.74, 6) is -0.568. The molecule has 0 bridgehead atoms. The minimum atomic E-state index is -3.53. The quantitative estimate of drug-likeness (QED) is 0.161. The van der Waals surface area contributed by atoms with Gasteiger partial charge in [-0.15, -0.1) is 11.3 Å². The van der Waals surface area contributed by atoms with Crippen LogP contribution in [0.5, 0.6) is 0 Å². The van der Waals surface area contributed by atoms with Gasteiger partial charge >= 0.3 is 0 Å². The number of nitrogens with two attached hydrogens (primary N) is 1. The van der Waals surface area contributed by atoms with Gasteiger partial charge in [0.05, 0.1) is 28.6 Å². The van der Waals surface area contributed by atoms with E-state index < -0.39 is 15.9 Å². The zero-order valence-electron chi connectivity index (χ0n) is 24.4. The number of piperidine rings is 1. The number of nitrogens with zero attached hydrogens (tertiary/aromatic N) is 3. The van der Waals surface area contributed by atoms with Gasteiger partial charge in [0.25, 0.3) is 0 Å². The molecule has 1 saturated heterocycles. The minimum Gasteiger partial charge on any atom is -0.366 e. The van der Waals surface area contributed by atoms with E-state index in [1.54, 1.807) is 15.8 Å². The molecule has 1 saturated carbocycles. The third-order valence-corrected chi connectivity index (χ3v) is 12.3. The van der Waals surface area contributed by atoms with E-state index in [2.05, 4.69) is 47.1 Å². The lowest BCUT2D eigenvalue weighted by Crippen LogP contribution is -2.38. The summed E-state index contributed by atoms with van der Waals surface area (Å²) in [5.41, 5.74) is 11.3. The van der Waals surface area contributed by atoms with Crippen LogP contribution < -0.4 is 5.73 Å². The van der Waals surface area contributed by atoms with Crippen LogP contribution in [0.1, 0.15) is 81.2 Å². The number of amides is 1. The van der Waals surface area contributed by atoms with Crippen LogP contribution >= 0.6 is 34.5 Å². The Kier molecular flexibility index (Phi) is 8.25. The normalized spacial score (nSPS) is 16.5. The summed E-state index contributed by atoms with van der Waals surface area (Å²) in [4.78, 5) is 12.1. The molecular weight excluding hydrogens is 647 g/mol. The maximum absolute atomic E-state index is 13.3. The molecule has 0 unspecified atom stereocenters. The van der Waals surface area contributed by atoms with Gasteiger partial charge in [0.15, 0.2) is 0 Å². The van der Waals surface area contributed by atoms with E-state index in [9.17, 15) is 13.2 Å². The van der Waals surface area contributed by atoms with Crippen LogP contribution in [0, 0.1) is 0 Å². The summed E-state index contributed by atoms with van der Waals surface area (Å²) in [7, 11) is -3.53. The molecule has 5 aromatic rings. The second kappa shape index (κ2) is 12.2. The number of hydrogen-bond acceptors (Lipinski definition) is 5. The van der Waals surface area contributed by atoms with E-state index in [0.29, 0.717) is 52.5 Å². The molecule has 0 spiro atoms. The molecule has 2 aromatic heterocycles. The first-order valence-electron chi connectivity index (χ1n) is 15.0. The van der Waals surface area contributed by atoms with Crippen molar-refractivity contribution in [2.45, 2.75) is 49.3 Å². The SMILES string of the molecule is NC(=O)c1csc(CS(=O)(=O)N2CCC(c3nn(C4CC4)c4ccc(C(c5ccc(Cl)cc5)c5ccc(Cl)cc5)cc34)CC2)c1. The lowest BCUT2D eigenvalue weighted by Gasteiger charge is -2.30. The molecule has 2 fully saturated rings. The van der Waals surface area contributed by atoms with Crippen molar-refractivity contribution in [3.05, 3.63) is 121 Å². The van der Waals surface area contributed by atoms with Gasteiger partial charge in [-0.1, -0.05) is 53.5 Å². The monoisotopic (exact) mass is 678 g/mol. The number of benzene rings is 3. The van der Waals surface area contributed by atoms with E-state index in [-0.39, 0.29) is 17.6 Å². The predicted molar refractivity (Wildman–Crippen MR) is 181 cm³/mol. The highest BCUT2D eigenvalue weighted by Gasteiger charge is 2.34. The molecule has 11 heteroatoms. The standard InChI is InChI=1S/C34H32Cl2N4O3S2/c35-26-6-1-21(2-7-26)32(22-3-8-27(36)9-4-22)24-5-12-31-30(18-24)33(38-40(31)28-10-11-28)23-13-15-39(16-14-23)45(42,43)20-29-17-25(19-44-29)34(37)41/h1-9,12,17-19,23,28,32H,10-11,13-16,20H2,(H2,37,41). The lowest BCUT2D eigenvalue weighted by atomic mass is 9.84. The van der Waals surface area contributed by atoms with Crippen LogP contribution in [-0.4, -0.2) is 41.5 Å². The third-order valence-electron chi connectivity index (χ3n) is 8.89. The Labute approximate surface area is 276 Å². The van der Waals surface area contributed by atoms with E-state index >= 15 is 0 Å². The van der Waals surface area contributed by atoms with Crippen molar-refractivity contribution in [3.8, 4) is 0 Å². The molecule has 232 valence electrons. The maximum atomic E-state index is 13.3. The highest BCUT2D eigenvalue weighted by molar-refractivity contribution is 7.88.